The number of aromatic nitrogens is 2. The standard InChI is InChI=1S/C19H17ClN2O3/c1-25-14-9-5-6-12(10-14)11-15(19(23)24)16-17(20)22-18(21-16)13-7-3-2-4-8-13/h2-10,15H,11H2,1H3,(H,21,22)(H,23,24). The van der Waals surface area contributed by atoms with Crippen LogP contribution in [0.25, 0.3) is 11.4 Å². The number of nitrogens with zero attached hydrogens (tertiary/aromatic N) is 1. The van der Waals surface area contributed by atoms with Gasteiger partial charge >= 0.3 is 5.97 Å². The number of rotatable bonds is 6. The summed E-state index contributed by atoms with van der Waals surface area (Å²) in [5, 5.41) is 9.86. The van der Waals surface area contributed by atoms with E-state index in [0.717, 1.165) is 11.1 Å². The second-order valence-corrected chi connectivity index (χ2v) is 5.96. The van der Waals surface area contributed by atoms with Crippen LogP contribution in [-0.4, -0.2) is 28.2 Å². The van der Waals surface area contributed by atoms with Gasteiger partial charge in [-0.3, -0.25) is 4.79 Å². The number of imidazole rings is 1. The fourth-order valence-corrected chi connectivity index (χ4v) is 2.94. The molecule has 0 radical (unpaired) electrons. The first-order valence-corrected chi connectivity index (χ1v) is 8.13. The second kappa shape index (κ2) is 7.40. The number of ether oxygens (including phenoxy) is 1. The summed E-state index contributed by atoms with van der Waals surface area (Å²) in [6.45, 7) is 0. The summed E-state index contributed by atoms with van der Waals surface area (Å²) in [6, 6.07) is 16.8. The molecule has 0 aliphatic rings. The predicted octanol–water partition coefficient (Wildman–Crippen LogP) is 4.15. The van der Waals surface area contributed by atoms with Gasteiger partial charge in [-0.25, -0.2) is 4.98 Å². The van der Waals surface area contributed by atoms with E-state index in [2.05, 4.69) is 9.97 Å². The van der Waals surface area contributed by atoms with E-state index in [4.69, 9.17) is 16.3 Å². The van der Waals surface area contributed by atoms with Gasteiger partial charge in [0.15, 0.2) is 5.15 Å². The molecule has 1 unspecified atom stereocenters. The molecule has 3 rings (SSSR count). The van der Waals surface area contributed by atoms with Crippen LogP contribution < -0.4 is 4.74 Å². The van der Waals surface area contributed by atoms with Crippen LogP contribution in [-0.2, 0) is 11.2 Å². The van der Waals surface area contributed by atoms with Gasteiger partial charge in [0.25, 0.3) is 0 Å². The van der Waals surface area contributed by atoms with Crippen LogP contribution in [0.5, 0.6) is 5.75 Å². The van der Waals surface area contributed by atoms with Crippen molar-refractivity contribution >= 4 is 17.6 Å². The lowest BCUT2D eigenvalue weighted by Gasteiger charge is -2.12. The zero-order chi connectivity index (χ0) is 17.8. The Balaban J connectivity index is 1.93. The number of carbonyl (C=O) groups is 1. The number of halogens is 1. The maximum atomic E-state index is 11.8. The quantitative estimate of drug-likeness (QED) is 0.695. The molecule has 3 aromatic rings. The third-order valence-electron chi connectivity index (χ3n) is 3.95. The first kappa shape index (κ1) is 17.0. The summed E-state index contributed by atoms with van der Waals surface area (Å²) in [7, 11) is 1.58. The molecular weight excluding hydrogens is 340 g/mol. The number of hydrogen-bond donors (Lipinski definition) is 2. The fourth-order valence-electron chi connectivity index (χ4n) is 2.68. The maximum Gasteiger partial charge on any atom is 0.312 e. The van der Waals surface area contributed by atoms with Gasteiger partial charge in [0.05, 0.1) is 12.8 Å². The predicted molar refractivity (Wildman–Crippen MR) is 96.1 cm³/mol. The highest BCUT2D eigenvalue weighted by Crippen LogP contribution is 2.30. The SMILES string of the molecule is COc1cccc(CC(C(=O)O)c2[nH]c(-c3ccccc3)nc2Cl)c1. The van der Waals surface area contributed by atoms with Gasteiger partial charge in [-0.2, -0.15) is 0 Å². The van der Waals surface area contributed by atoms with Gasteiger partial charge in [-0.05, 0) is 24.1 Å². The lowest BCUT2D eigenvalue weighted by Crippen LogP contribution is -2.15. The maximum absolute atomic E-state index is 11.8. The highest BCUT2D eigenvalue weighted by molar-refractivity contribution is 6.30. The number of carboxylic acids is 1. The van der Waals surface area contributed by atoms with Crippen molar-refractivity contribution < 1.29 is 14.6 Å². The van der Waals surface area contributed by atoms with Crippen LogP contribution in [0.2, 0.25) is 5.15 Å². The summed E-state index contributed by atoms with van der Waals surface area (Å²) in [4.78, 5) is 19.2. The van der Waals surface area contributed by atoms with Gasteiger partial charge in [0, 0.05) is 5.56 Å². The van der Waals surface area contributed by atoms with E-state index in [1.807, 2.05) is 54.6 Å². The Morgan fingerprint density at radius 2 is 2.00 bits per heavy atom. The lowest BCUT2D eigenvalue weighted by molar-refractivity contribution is -0.138. The number of aromatic amines is 1. The van der Waals surface area contributed by atoms with E-state index in [1.54, 1.807) is 7.11 Å². The monoisotopic (exact) mass is 356 g/mol. The van der Waals surface area contributed by atoms with Gasteiger partial charge < -0.3 is 14.8 Å². The Bertz CT molecular complexity index is 877. The number of methoxy groups -OCH3 is 1. The Kier molecular flexibility index (Phi) is 5.05. The third kappa shape index (κ3) is 3.83. The van der Waals surface area contributed by atoms with E-state index in [9.17, 15) is 9.90 Å². The highest BCUT2D eigenvalue weighted by Gasteiger charge is 2.26. The van der Waals surface area contributed by atoms with Crippen molar-refractivity contribution in [1.82, 2.24) is 9.97 Å². The lowest BCUT2D eigenvalue weighted by atomic mass is 9.96. The van der Waals surface area contributed by atoms with Crippen LogP contribution in [0.1, 0.15) is 17.2 Å². The molecule has 0 spiro atoms. The van der Waals surface area contributed by atoms with Crippen molar-refractivity contribution in [2.24, 2.45) is 0 Å². The molecule has 0 saturated heterocycles. The minimum atomic E-state index is -0.965. The van der Waals surface area contributed by atoms with Crippen LogP contribution in [0.15, 0.2) is 54.6 Å². The average Bonchev–Trinajstić information content (AvgIpc) is 3.02. The van der Waals surface area contributed by atoms with Crippen molar-refractivity contribution in [3.8, 4) is 17.1 Å². The number of benzene rings is 2. The highest BCUT2D eigenvalue weighted by atomic mass is 35.5. The molecule has 128 valence electrons. The molecule has 0 amide bonds. The van der Waals surface area contributed by atoms with Crippen LogP contribution in [0.4, 0.5) is 0 Å². The smallest absolute Gasteiger partial charge is 0.312 e. The molecule has 0 bridgehead atoms. The largest absolute Gasteiger partial charge is 0.497 e. The summed E-state index contributed by atoms with van der Waals surface area (Å²) in [6.07, 6.45) is 0.280. The molecule has 0 aliphatic heterocycles. The Morgan fingerprint density at radius 3 is 2.68 bits per heavy atom. The van der Waals surface area contributed by atoms with E-state index in [-0.39, 0.29) is 11.6 Å². The van der Waals surface area contributed by atoms with Gasteiger partial charge in [0.1, 0.15) is 17.5 Å². The molecule has 2 N–H and O–H groups in total. The van der Waals surface area contributed by atoms with Gasteiger partial charge in [0.2, 0.25) is 0 Å². The molecular formula is C19H17ClN2O3. The number of aliphatic carboxylic acids is 1. The first-order chi connectivity index (χ1) is 12.1. The van der Waals surface area contributed by atoms with Crippen LogP contribution in [0.3, 0.4) is 0 Å². The van der Waals surface area contributed by atoms with Crippen molar-refractivity contribution in [3.63, 3.8) is 0 Å². The molecule has 1 aromatic heterocycles. The third-order valence-corrected chi connectivity index (χ3v) is 4.24. The van der Waals surface area contributed by atoms with Crippen LogP contribution in [0, 0.1) is 0 Å². The minimum absolute atomic E-state index is 0.175. The number of nitrogens with one attached hydrogen (secondary N) is 1. The molecule has 2 aromatic carbocycles. The number of hydrogen-bond acceptors (Lipinski definition) is 3. The molecule has 0 saturated carbocycles. The van der Waals surface area contributed by atoms with E-state index in [0.29, 0.717) is 17.3 Å². The summed E-state index contributed by atoms with van der Waals surface area (Å²) in [5.41, 5.74) is 2.09. The fraction of sp³-hybridized carbons (Fsp3) is 0.158. The first-order valence-electron chi connectivity index (χ1n) is 7.75. The normalized spacial score (nSPS) is 11.9. The Labute approximate surface area is 150 Å². The van der Waals surface area contributed by atoms with Crippen molar-refractivity contribution in [2.45, 2.75) is 12.3 Å². The van der Waals surface area contributed by atoms with E-state index < -0.39 is 11.9 Å². The summed E-state index contributed by atoms with van der Waals surface area (Å²) < 4.78 is 5.19. The topological polar surface area (TPSA) is 75.2 Å². The molecule has 0 aliphatic carbocycles. The zero-order valence-electron chi connectivity index (χ0n) is 13.6. The van der Waals surface area contributed by atoms with Crippen LogP contribution >= 0.6 is 11.6 Å². The molecule has 25 heavy (non-hydrogen) atoms. The molecule has 0 fully saturated rings. The Morgan fingerprint density at radius 1 is 1.24 bits per heavy atom. The van der Waals surface area contributed by atoms with Crippen molar-refractivity contribution in [2.75, 3.05) is 7.11 Å². The second-order valence-electron chi connectivity index (χ2n) is 5.60. The summed E-state index contributed by atoms with van der Waals surface area (Å²) >= 11 is 6.23. The number of H-pyrrole nitrogens is 1. The van der Waals surface area contributed by atoms with Crippen molar-refractivity contribution in [3.05, 3.63) is 71.0 Å². The molecule has 6 heteroatoms. The van der Waals surface area contributed by atoms with Gasteiger partial charge in [-0.15, -0.1) is 0 Å². The molecule has 1 heterocycles. The number of carboxylic acid groups (broad SMARTS) is 1. The van der Waals surface area contributed by atoms with Crippen molar-refractivity contribution in [1.29, 1.82) is 0 Å². The molecule has 1 atom stereocenters. The molecule has 5 nitrogen and oxygen atoms in total. The Hall–Kier alpha value is -2.79. The van der Waals surface area contributed by atoms with E-state index in [1.165, 1.54) is 0 Å². The summed E-state index contributed by atoms with van der Waals surface area (Å²) in [5.74, 6) is -0.558. The van der Waals surface area contributed by atoms with E-state index >= 15 is 0 Å². The average molecular weight is 357 g/mol. The minimum Gasteiger partial charge on any atom is -0.497 e. The van der Waals surface area contributed by atoms with Gasteiger partial charge in [-0.1, -0.05) is 54.1 Å². The zero-order valence-corrected chi connectivity index (χ0v) is 14.3.